The van der Waals surface area contributed by atoms with Gasteiger partial charge in [-0.1, -0.05) is 48.5 Å². The number of carbonyl (C=O) groups is 1. The molecule has 1 aliphatic heterocycles. The summed E-state index contributed by atoms with van der Waals surface area (Å²) in [6, 6.07) is 23.3. The van der Waals surface area contributed by atoms with E-state index in [2.05, 4.69) is 9.97 Å². The van der Waals surface area contributed by atoms with Gasteiger partial charge in [0.2, 0.25) is 0 Å². The van der Waals surface area contributed by atoms with Crippen LogP contribution in [0.5, 0.6) is 5.75 Å². The molecule has 31 heavy (non-hydrogen) atoms. The Balaban J connectivity index is 1.20. The molecule has 0 atom stereocenters. The van der Waals surface area contributed by atoms with Crippen molar-refractivity contribution < 1.29 is 14.4 Å². The van der Waals surface area contributed by atoms with Gasteiger partial charge >= 0.3 is 0 Å². The molecule has 1 amide bonds. The van der Waals surface area contributed by atoms with Crippen molar-refractivity contribution in [2.45, 2.75) is 26.1 Å². The van der Waals surface area contributed by atoms with Gasteiger partial charge in [0, 0.05) is 18.0 Å². The van der Waals surface area contributed by atoms with Gasteiger partial charge in [-0.15, -0.1) is 0 Å². The van der Waals surface area contributed by atoms with E-state index in [0.29, 0.717) is 25.5 Å². The molecule has 154 valence electrons. The SMILES string of the molecule is O=C1CCc2ccccc2N1OCc1ccc(OCc2ncc3ccccc3n2)cc1. The molecule has 0 fully saturated rings. The summed E-state index contributed by atoms with van der Waals surface area (Å²) in [6.07, 6.45) is 3.02. The van der Waals surface area contributed by atoms with Crippen molar-refractivity contribution in [1.82, 2.24) is 9.97 Å². The zero-order chi connectivity index (χ0) is 21.0. The number of para-hydroxylation sites is 2. The minimum atomic E-state index is -0.0194. The minimum absolute atomic E-state index is 0.0194. The van der Waals surface area contributed by atoms with E-state index in [4.69, 9.17) is 9.57 Å². The third-order valence-corrected chi connectivity index (χ3v) is 5.24. The lowest BCUT2D eigenvalue weighted by molar-refractivity contribution is -0.127. The summed E-state index contributed by atoms with van der Waals surface area (Å²) >= 11 is 0. The molecule has 2 heterocycles. The summed E-state index contributed by atoms with van der Waals surface area (Å²) < 4.78 is 5.82. The second-order valence-electron chi connectivity index (χ2n) is 7.37. The number of rotatable bonds is 6. The lowest BCUT2D eigenvalue weighted by Gasteiger charge is -2.28. The van der Waals surface area contributed by atoms with Gasteiger partial charge in [-0.05, 0) is 41.8 Å². The Morgan fingerprint density at radius 3 is 2.58 bits per heavy atom. The summed E-state index contributed by atoms with van der Waals surface area (Å²) in [6.45, 7) is 0.591. The van der Waals surface area contributed by atoms with E-state index in [-0.39, 0.29) is 5.91 Å². The topological polar surface area (TPSA) is 64.6 Å². The van der Waals surface area contributed by atoms with E-state index < -0.39 is 0 Å². The number of benzene rings is 3. The van der Waals surface area contributed by atoms with Crippen LogP contribution in [0, 0.1) is 0 Å². The van der Waals surface area contributed by atoms with Crippen LogP contribution in [-0.4, -0.2) is 15.9 Å². The Morgan fingerprint density at radius 1 is 0.871 bits per heavy atom. The molecule has 0 unspecified atom stereocenters. The summed E-state index contributed by atoms with van der Waals surface area (Å²) in [7, 11) is 0. The summed E-state index contributed by atoms with van der Waals surface area (Å²) in [5, 5.41) is 2.42. The van der Waals surface area contributed by atoms with Gasteiger partial charge in [0.15, 0.2) is 5.82 Å². The molecule has 5 rings (SSSR count). The summed E-state index contributed by atoms with van der Waals surface area (Å²) in [5.41, 5.74) is 3.80. The Bertz CT molecular complexity index is 1220. The Labute approximate surface area is 180 Å². The average Bonchev–Trinajstić information content (AvgIpc) is 2.82. The van der Waals surface area contributed by atoms with Gasteiger partial charge < -0.3 is 4.74 Å². The van der Waals surface area contributed by atoms with Crippen LogP contribution < -0.4 is 9.80 Å². The monoisotopic (exact) mass is 411 g/mol. The molecule has 1 aromatic heterocycles. The fourth-order valence-electron chi connectivity index (χ4n) is 3.59. The van der Waals surface area contributed by atoms with Gasteiger partial charge in [0.25, 0.3) is 5.91 Å². The molecule has 0 N–H and O–H groups in total. The van der Waals surface area contributed by atoms with Crippen molar-refractivity contribution in [2.75, 3.05) is 5.06 Å². The van der Waals surface area contributed by atoms with Gasteiger partial charge in [-0.3, -0.25) is 9.63 Å². The first kappa shape index (κ1) is 19.2. The predicted octanol–water partition coefficient (Wildman–Crippen LogP) is 4.62. The van der Waals surface area contributed by atoms with E-state index in [1.54, 1.807) is 0 Å². The third kappa shape index (κ3) is 4.25. The highest BCUT2D eigenvalue weighted by molar-refractivity contribution is 5.94. The molecule has 0 radical (unpaired) electrons. The molecule has 0 aliphatic carbocycles. The number of hydrogen-bond acceptors (Lipinski definition) is 5. The van der Waals surface area contributed by atoms with Gasteiger partial charge in [0.05, 0.1) is 11.2 Å². The van der Waals surface area contributed by atoms with Gasteiger partial charge in [-0.25, -0.2) is 9.97 Å². The van der Waals surface area contributed by atoms with Crippen molar-refractivity contribution in [3.05, 3.63) is 95.9 Å². The van der Waals surface area contributed by atoms with Crippen LogP contribution in [0.25, 0.3) is 10.9 Å². The Kier molecular flexibility index (Phi) is 5.29. The molecule has 6 heteroatoms. The summed E-state index contributed by atoms with van der Waals surface area (Å²) in [5.74, 6) is 1.34. The molecular weight excluding hydrogens is 390 g/mol. The van der Waals surface area contributed by atoms with E-state index in [9.17, 15) is 4.79 Å². The predicted molar refractivity (Wildman–Crippen MR) is 117 cm³/mol. The van der Waals surface area contributed by atoms with Crippen LogP contribution in [0.2, 0.25) is 0 Å². The highest BCUT2D eigenvalue weighted by atomic mass is 16.7. The Hall–Kier alpha value is -3.77. The average molecular weight is 411 g/mol. The maximum absolute atomic E-state index is 12.3. The number of fused-ring (bicyclic) bond motifs is 2. The highest BCUT2D eigenvalue weighted by Gasteiger charge is 2.24. The molecule has 6 nitrogen and oxygen atoms in total. The van der Waals surface area contributed by atoms with Crippen LogP contribution >= 0.6 is 0 Å². The summed E-state index contributed by atoms with van der Waals surface area (Å²) in [4.78, 5) is 27.0. The van der Waals surface area contributed by atoms with Crippen molar-refractivity contribution in [1.29, 1.82) is 0 Å². The van der Waals surface area contributed by atoms with Crippen LogP contribution in [-0.2, 0) is 29.3 Å². The van der Waals surface area contributed by atoms with Crippen LogP contribution in [0.15, 0.2) is 79.0 Å². The van der Waals surface area contributed by atoms with Crippen LogP contribution in [0.1, 0.15) is 23.4 Å². The maximum atomic E-state index is 12.3. The molecule has 3 aromatic carbocycles. The standard InChI is InChI=1S/C25H21N3O3/c29-25-14-11-19-5-2-4-8-23(19)28(25)31-16-18-9-12-21(13-10-18)30-17-24-26-15-20-6-1-3-7-22(20)27-24/h1-10,12-13,15H,11,14,16-17H2. The molecule has 4 aromatic rings. The first-order valence-electron chi connectivity index (χ1n) is 10.2. The lowest BCUT2D eigenvalue weighted by atomic mass is 10.0. The second-order valence-corrected chi connectivity index (χ2v) is 7.37. The normalized spacial score (nSPS) is 13.3. The zero-order valence-electron chi connectivity index (χ0n) is 16.9. The fraction of sp³-hybridized carbons (Fsp3) is 0.160. The van der Waals surface area contributed by atoms with Crippen LogP contribution in [0.3, 0.4) is 0 Å². The smallest absolute Gasteiger partial charge is 0.251 e. The molecule has 0 saturated carbocycles. The van der Waals surface area contributed by atoms with Gasteiger partial charge in [0.1, 0.15) is 19.0 Å². The van der Waals surface area contributed by atoms with Gasteiger partial charge in [-0.2, -0.15) is 5.06 Å². The number of carbonyl (C=O) groups excluding carboxylic acids is 1. The van der Waals surface area contributed by atoms with Crippen LogP contribution in [0.4, 0.5) is 5.69 Å². The number of hydrogen-bond donors (Lipinski definition) is 0. The Morgan fingerprint density at radius 2 is 1.68 bits per heavy atom. The van der Waals surface area contributed by atoms with E-state index in [1.165, 1.54) is 5.06 Å². The maximum Gasteiger partial charge on any atom is 0.251 e. The molecule has 0 bridgehead atoms. The largest absolute Gasteiger partial charge is 0.486 e. The van der Waals surface area contributed by atoms with E-state index >= 15 is 0 Å². The van der Waals surface area contributed by atoms with Crippen molar-refractivity contribution in [3.8, 4) is 5.75 Å². The van der Waals surface area contributed by atoms with E-state index in [0.717, 1.165) is 39.9 Å². The zero-order valence-corrected chi connectivity index (χ0v) is 16.9. The number of aromatic nitrogens is 2. The lowest BCUT2D eigenvalue weighted by Crippen LogP contribution is -2.34. The second kappa shape index (κ2) is 8.53. The molecule has 1 aliphatic rings. The number of nitrogens with zero attached hydrogens (tertiary/aromatic N) is 3. The fourth-order valence-corrected chi connectivity index (χ4v) is 3.59. The number of ether oxygens (including phenoxy) is 1. The van der Waals surface area contributed by atoms with Crippen molar-refractivity contribution in [2.24, 2.45) is 0 Å². The molecule has 0 saturated heterocycles. The number of anilines is 1. The number of amides is 1. The first-order valence-corrected chi connectivity index (χ1v) is 10.2. The van der Waals surface area contributed by atoms with Crippen molar-refractivity contribution >= 4 is 22.5 Å². The minimum Gasteiger partial charge on any atom is -0.486 e. The third-order valence-electron chi connectivity index (χ3n) is 5.24. The number of hydroxylamine groups is 1. The quantitative estimate of drug-likeness (QED) is 0.463. The van der Waals surface area contributed by atoms with Crippen molar-refractivity contribution in [3.63, 3.8) is 0 Å². The molecule has 0 spiro atoms. The van der Waals surface area contributed by atoms with E-state index in [1.807, 2.05) is 79.0 Å². The first-order chi connectivity index (χ1) is 15.3. The highest BCUT2D eigenvalue weighted by Crippen LogP contribution is 2.28. The number of aryl methyl sites for hydroxylation is 1. The molecular formula is C25H21N3O3.